The molecule has 0 radical (unpaired) electrons. The first-order valence-corrected chi connectivity index (χ1v) is 24.8. The molecule has 0 aromatic carbocycles. The Morgan fingerprint density at radius 2 is 0.656 bits per heavy atom. The maximum Gasteiger partial charge on any atom is 0.306 e. The van der Waals surface area contributed by atoms with Gasteiger partial charge in [0.1, 0.15) is 13.2 Å². The number of unbranched alkanes of at least 4 members (excludes halogenated alkanes) is 22. The molecule has 0 aromatic rings. The lowest BCUT2D eigenvalue weighted by atomic mass is 10.0. The van der Waals surface area contributed by atoms with Crippen molar-refractivity contribution in [2.45, 2.75) is 219 Å². The number of hydrogen-bond donors (Lipinski definition) is 0. The van der Waals surface area contributed by atoms with Gasteiger partial charge < -0.3 is 14.2 Å². The quantitative estimate of drug-likeness (QED) is 0.0263. The van der Waals surface area contributed by atoms with Crippen LogP contribution < -0.4 is 0 Å². The summed E-state index contributed by atoms with van der Waals surface area (Å²) in [6, 6.07) is 0. The average molecular weight is 847 g/mol. The Labute approximate surface area is 375 Å². The molecule has 0 saturated carbocycles. The van der Waals surface area contributed by atoms with Gasteiger partial charge in [-0.15, -0.1) is 0 Å². The van der Waals surface area contributed by atoms with Crippen molar-refractivity contribution in [1.29, 1.82) is 0 Å². The molecule has 6 heteroatoms. The van der Waals surface area contributed by atoms with Gasteiger partial charge in [-0.3, -0.25) is 14.4 Å². The van der Waals surface area contributed by atoms with E-state index in [1.54, 1.807) is 0 Å². The van der Waals surface area contributed by atoms with Crippen molar-refractivity contribution in [3.63, 3.8) is 0 Å². The predicted octanol–water partition coefficient (Wildman–Crippen LogP) is 16.2. The summed E-state index contributed by atoms with van der Waals surface area (Å²) in [7, 11) is 0. The van der Waals surface area contributed by atoms with Gasteiger partial charge >= 0.3 is 17.9 Å². The molecule has 0 rings (SSSR count). The third-order valence-corrected chi connectivity index (χ3v) is 10.3. The van der Waals surface area contributed by atoms with E-state index in [-0.39, 0.29) is 37.5 Å². The molecule has 0 fully saturated rings. The molecule has 0 N–H and O–H groups in total. The Balaban J connectivity index is 4.49. The molecule has 0 bridgehead atoms. The largest absolute Gasteiger partial charge is 0.462 e. The Morgan fingerprint density at radius 3 is 1.07 bits per heavy atom. The van der Waals surface area contributed by atoms with Crippen LogP contribution >= 0.6 is 0 Å². The van der Waals surface area contributed by atoms with Crippen LogP contribution in [0.5, 0.6) is 0 Å². The molecule has 6 nitrogen and oxygen atoms in total. The summed E-state index contributed by atoms with van der Waals surface area (Å²) in [5, 5.41) is 0. The number of allylic oxidation sites excluding steroid dienone is 16. The van der Waals surface area contributed by atoms with Crippen LogP contribution in [-0.2, 0) is 28.6 Å². The lowest BCUT2D eigenvalue weighted by Crippen LogP contribution is -2.30. The van der Waals surface area contributed by atoms with Crippen LogP contribution in [0.1, 0.15) is 213 Å². The van der Waals surface area contributed by atoms with E-state index in [1.807, 2.05) is 54.7 Å². The number of esters is 3. The molecule has 61 heavy (non-hydrogen) atoms. The molecular formula is C55H90O6. The third kappa shape index (κ3) is 47.2. The van der Waals surface area contributed by atoms with Crippen molar-refractivity contribution in [2.24, 2.45) is 0 Å². The van der Waals surface area contributed by atoms with Crippen LogP contribution in [0.15, 0.2) is 97.2 Å². The van der Waals surface area contributed by atoms with Crippen LogP contribution in [0.3, 0.4) is 0 Å². The lowest BCUT2D eigenvalue weighted by molar-refractivity contribution is -0.167. The van der Waals surface area contributed by atoms with E-state index >= 15 is 0 Å². The third-order valence-electron chi connectivity index (χ3n) is 10.3. The highest BCUT2D eigenvalue weighted by Gasteiger charge is 2.19. The molecular weight excluding hydrogens is 757 g/mol. The number of carbonyl (C=O) groups is 3. The molecule has 346 valence electrons. The van der Waals surface area contributed by atoms with Crippen LogP contribution in [0, 0.1) is 0 Å². The predicted molar refractivity (Wildman–Crippen MR) is 260 cm³/mol. The molecule has 0 heterocycles. The first-order valence-electron chi connectivity index (χ1n) is 24.8. The molecule has 1 atom stereocenters. The summed E-state index contributed by atoms with van der Waals surface area (Å²) < 4.78 is 16.7. The minimum atomic E-state index is -0.809. The van der Waals surface area contributed by atoms with E-state index in [4.69, 9.17) is 14.2 Å². The van der Waals surface area contributed by atoms with E-state index in [2.05, 4.69) is 63.3 Å². The average Bonchev–Trinajstić information content (AvgIpc) is 3.26. The summed E-state index contributed by atoms with van der Waals surface area (Å²) in [6.45, 7) is 6.28. The van der Waals surface area contributed by atoms with Gasteiger partial charge in [0.25, 0.3) is 0 Å². The van der Waals surface area contributed by atoms with E-state index in [1.165, 1.54) is 103 Å². The Kier molecular flexibility index (Phi) is 46.0. The summed E-state index contributed by atoms with van der Waals surface area (Å²) in [5.41, 5.74) is 0. The van der Waals surface area contributed by atoms with Crippen molar-refractivity contribution in [3.05, 3.63) is 97.2 Å². The number of rotatable bonds is 43. The number of carbonyl (C=O) groups excluding carboxylic acids is 3. The zero-order valence-corrected chi connectivity index (χ0v) is 39.4. The van der Waals surface area contributed by atoms with Gasteiger partial charge in [-0.1, -0.05) is 240 Å². The van der Waals surface area contributed by atoms with Crippen molar-refractivity contribution < 1.29 is 28.6 Å². The molecule has 0 amide bonds. The number of hydrogen-bond acceptors (Lipinski definition) is 6. The van der Waals surface area contributed by atoms with E-state index < -0.39 is 6.10 Å². The van der Waals surface area contributed by atoms with Gasteiger partial charge in [-0.05, 0) is 51.4 Å². The normalized spacial score (nSPS) is 12.9. The topological polar surface area (TPSA) is 78.9 Å². The smallest absolute Gasteiger partial charge is 0.306 e. The molecule has 1 unspecified atom stereocenters. The fourth-order valence-electron chi connectivity index (χ4n) is 6.59. The molecule has 0 aliphatic rings. The van der Waals surface area contributed by atoms with Crippen LogP contribution in [0.25, 0.3) is 0 Å². The lowest BCUT2D eigenvalue weighted by Gasteiger charge is -2.18. The SMILES string of the molecule is CC\C=C/C=C\C=C/C=C\C=C/CCCC(=O)OCC(COC(=O)CCCCCCCCC\C=C/C=C\C=C/CC)OC(=O)CCCCCCCCCCCCCCCCC. The maximum atomic E-state index is 12.8. The van der Waals surface area contributed by atoms with Crippen molar-refractivity contribution >= 4 is 17.9 Å². The maximum absolute atomic E-state index is 12.8. The van der Waals surface area contributed by atoms with Crippen LogP contribution in [0.2, 0.25) is 0 Å². The monoisotopic (exact) mass is 847 g/mol. The molecule has 0 aliphatic heterocycles. The number of ether oxygens (including phenoxy) is 3. The fraction of sp³-hybridized carbons (Fsp3) is 0.655. The highest BCUT2D eigenvalue weighted by Crippen LogP contribution is 2.15. The van der Waals surface area contributed by atoms with Gasteiger partial charge in [0, 0.05) is 19.3 Å². The Morgan fingerprint density at radius 1 is 0.344 bits per heavy atom. The summed E-state index contributed by atoms with van der Waals surface area (Å²) in [4.78, 5) is 37.9. The molecule has 0 aliphatic carbocycles. The van der Waals surface area contributed by atoms with Crippen LogP contribution in [0.4, 0.5) is 0 Å². The molecule has 0 aromatic heterocycles. The van der Waals surface area contributed by atoms with Gasteiger partial charge in [0.2, 0.25) is 0 Å². The highest BCUT2D eigenvalue weighted by molar-refractivity contribution is 5.71. The van der Waals surface area contributed by atoms with Crippen molar-refractivity contribution in [1.82, 2.24) is 0 Å². The Hall–Kier alpha value is -3.67. The van der Waals surface area contributed by atoms with Gasteiger partial charge in [-0.2, -0.15) is 0 Å². The van der Waals surface area contributed by atoms with Crippen LogP contribution in [-0.4, -0.2) is 37.2 Å². The van der Waals surface area contributed by atoms with E-state index in [9.17, 15) is 14.4 Å². The first-order chi connectivity index (χ1) is 30.0. The highest BCUT2D eigenvalue weighted by atomic mass is 16.6. The zero-order chi connectivity index (χ0) is 44.4. The van der Waals surface area contributed by atoms with Crippen molar-refractivity contribution in [2.75, 3.05) is 13.2 Å². The second-order valence-corrected chi connectivity index (χ2v) is 16.2. The van der Waals surface area contributed by atoms with Gasteiger partial charge in [-0.25, -0.2) is 0 Å². The minimum Gasteiger partial charge on any atom is -0.462 e. The summed E-state index contributed by atoms with van der Waals surface area (Å²) >= 11 is 0. The molecule has 0 spiro atoms. The Bertz CT molecular complexity index is 1250. The fourth-order valence-corrected chi connectivity index (χ4v) is 6.59. The van der Waals surface area contributed by atoms with E-state index in [0.717, 1.165) is 64.2 Å². The standard InChI is InChI=1S/C55H90O6/c1-4-7-10-13-16-19-22-25-27-30-33-36-39-42-45-48-54(57)60-51-52(50-59-53(56)47-44-41-38-35-32-29-24-21-18-15-12-9-6-3)61-55(58)49-46-43-40-37-34-31-28-26-23-20-17-14-11-8-5-2/h7,9-10,12-13,15-16,18-19,21-22,24,29,32,35,38,52H,4-6,8,11,14,17,20,23,25-28,30-31,33-34,36-37,39-51H2,1-3H3/b10-7-,12-9-,16-13-,18-15-,22-19-,24-21-,32-29-,38-35-. The van der Waals surface area contributed by atoms with Crippen molar-refractivity contribution in [3.8, 4) is 0 Å². The summed E-state index contributed by atoms with van der Waals surface area (Å²) in [5.74, 6) is -0.996. The van der Waals surface area contributed by atoms with Gasteiger partial charge in [0.15, 0.2) is 6.10 Å². The molecule has 0 saturated heterocycles. The van der Waals surface area contributed by atoms with E-state index in [0.29, 0.717) is 19.3 Å². The second-order valence-electron chi connectivity index (χ2n) is 16.2. The first kappa shape index (κ1) is 57.3. The summed E-state index contributed by atoms with van der Waals surface area (Å²) in [6.07, 6.45) is 64.0. The second kappa shape index (κ2) is 49.0. The van der Waals surface area contributed by atoms with Gasteiger partial charge in [0.05, 0.1) is 0 Å². The minimum absolute atomic E-state index is 0.106. The zero-order valence-electron chi connectivity index (χ0n) is 39.4.